The molecule has 0 aromatic heterocycles. The first-order valence-corrected chi connectivity index (χ1v) is 6.65. The lowest BCUT2D eigenvalue weighted by Crippen LogP contribution is -2.28. The maximum absolute atomic E-state index is 11.0. The summed E-state index contributed by atoms with van der Waals surface area (Å²) in [5, 5.41) is 8.39. The van der Waals surface area contributed by atoms with Crippen molar-refractivity contribution in [3.63, 3.8) is 0 Å². The molecule has 0 aliphatic carbocycles. The topological polar surface area (TPSA) is 76.4 Å². The van der Waals surface area contributed by atoms with Crippen LogP contribution < -0.4 is 0 Å². The highest BCUT2D eigenvalue weighted by Gasteiger charge is 2.21. The number of nitrogens with zero attached hydrogens (tertiary/aromatic N) is 1. The van der Waals surface area contributed by atoms with E-state index < -0.39 is 9.28 Å². The van der Waals surface area contributed by atoms with Crippen molar-refractivity contribution in [1.29, 1.82) is 5.26 Å². The first kappa shape index (κ1) is 13.6. The lowest BCUT2D eigenvalue weighted by atomic mass is 10.5. The smallest absolute Gasteiger partial charge is 0.449 e. The molecular weight excluding hydrogens is 214 g/mol. The Hall–Kier alpha value is -1.35. The van der Waals surface area contributed by atoms with Gasteiger partial charge in [-0.2, -0.15) is 5.26 Å². The molecular formula is C9H15NO4Si. The van der Waals surface area contributed by atoms with Gasteiger partial charge < -0.3 is 8.85 Å². The van der Waals surface area contributed by atoms with Gasteiger partial charge in [0.2, 0.25) is 0 Å². The molecule has 0 spiro atoms. The summed E-state index contributed by atoms with van der Waals surface area (Å²) >= 11 is 0. The minimum atomic E-state index is -2.32. The second-order valence-corrected chi connectivity index (χ2v) is 4.72. The first-order chi connectivity index (χ1) is 7.13. The molecule has 0 N–H and O–H groups in total. The van der Waals surface area contributed by atoms with E-state index in [0.29, 0.717) is 6.04 Å². The van der Waals surface area contributed by atoms with Crippen LogP contribution in [-0.4, -0.2) is 21.2 Å². The third-order valence-electron chi connectivity index (χ3n) is 1.59. The molecule has 0 atom stereocenters. The van der Waals surface area contributed by atoms with Crippen molar-refractivity contribution >= 4 is 21.2 Å². The van der Waals surface area contributed by atoms with Crippen LogP contribution in [0.5, 0.6) is 0 Å². The molecule has 0 aliphatic heterocycles. The minimum Gasteiger partial charge on any atom is -0.487 e. The van der Waals surface area contributed by atoms with Crippen molar-refractivity contribution in [1.82, 2.24) is 0 Å². The lowest BCUT2D eigenvalue weighted by molar-refractivity contribution is -0.139. The van der Waals surface area contributed by atoms with Crippen molar-refractivity contribution in [3.8, 4) is 6.07 Å². The maximum Gasteiger partial charge on any atom is 0.449 e. The van der Waals surface area contributed by atoms with Gasteiger partial charge in [0.15, 0.2) is 0 Å². The van der Waals surface area contributed by atoms with Crippen LogP contribution in [-0.2, 0) is 18.4 Å². The Labute approximate surface area is 90.8 Å². The first-order valence-electron chi connectivity index (χ1n) is 4.89. The van der Waals surface area contributed by atoms with E-state index in [-0.39, 0.29) is 31.2 Å². The standard InChI is InChI=1S/C9H15NO4Si/c1-3-8(11)13-15(7-5-6-10)14-9(12)4-2/h15H,3-5,7H2,1-2H3. The van der Waals surface area contributed by atoms with E-state index in [4.69, 9.17) is 14.1 Å². The molecule has 0 heterocycles. The second kappa shape index (κ2) is 8.00. The zero-order valence-corrected chi connectivity index (χ0v) is 10.1. The summed E-state index contributed by atoms with van der Waals surface area (Å²) in [5.41, 5.74) is 0. The van der Waals surface area contributed by atoms with Crippen molar-refractivity contribution in [2.24, 2.45) is 0 Å². The van der Waals surface area contributed by atoms with E-state index in [0.717, 1.165) is 0 Å². The summed E-state index contributed by atoms with van der Waals surface area (Å²) in [5.74, 6) is -0.762. The van der Waals surface area contributed by atoms with E-state index in [1.54, 1.807) is 13.8 Å². The molecule has 6 heteroatoms. The molecule has 0 aromatic rings. The molecule has 5 nitrogen and oxygen atoms in total. The number of carbonyl (C=O) groups is 2. The molecule has 0 unspecified atom stereocenters. The molecule has 15 heavy (non-hydrogen) atoms. The van der Waals surface area contributed by atoms with Crippen LogP contribution in [0.15, 0.2) is 0 Å². The van der Waals surface area contributed by atoms with Gasteiger partial charge in [0.1, 0.15) is 0 Å². The molecule has 0 radical (unpaired) electrons. The molecule has 0 bridgehead atoms. The average molecular weight is 229 g/mol. The van der Waals surface area contributed by atoms with Gasteiger partial charge in [0.25, 0.3) is 11.9 Å². The fourth-order valence-electron chi connectivity index (χ4n) is 0.784. The molecule has 0 aliphatic rings. The minimum absolute atomic E-state index is 0.241. The number of rotatable bonds is 6. The maximum atomic E-state index is 11.0. The Morgan fingerprint density at radius 1 is 1.20 bits per heavy atom. The highest BCUT2D eigenvalue weighted by molar-refractivity contribution is 6.48. The molecule has 84 valence electrons. The van der Waals surface area contributed by atoms with E-state index in [2.05, 4.69) is 0 Å². The highest BCUT2D eigenvalue weighted by atomic mass is 28.3. The highest BCUT2D eigenvalue weighted by Crippen LogP contribution is 2.04. The Bertz CT molecular complexity index is 243. The third kappa shape index (κ3) is 6.68. The van der Waals surface area contributed by atoms with E-state index in [1.807, 2.05) is 6.07 Å². The summed E-state index contributed by atoms with van der Waals surface area (Å²) in [7, 11) is -2.32. The monoisotopic (exact) mass is 229 g/mol. The van der Waals surface area contributed by atoms with Crippen LogP contribution in [0.25, 0.3) is 0 Å². The lowest BCUT2D eigenvalue weighted by Gasteiger charge is -2.14. The van der Waals surface area contributed by atoms with Crippen LogP contribution in [0.3, 0.4) is 0 Å². The molecule has 0 rings (SSSR count). The summed E-state index contributed by atoms with van der Waals surface area (Å²) in [6, 6.07) is 2.29. The van der Waals surface area contributed by atoms with Crippen LogP contribution in [0.2, 0.25) is 6.04 Å². The van der Waals surface area contributed by atoms with Gasteiger partial charge in [-0.05, 0) is 0 Å². The average Bonchev–Trinajstić information content (AvgIpc) is 2.25. The summed E-state index contributed by atoms with van der Waals surface area (Å²) in [6.45, 7) is 3.33. The Morgan fingerprint density at radius 3 is 2.00 bits per heavy atom. The summed E-state index contributed by atoms with van der Waals surface area (Å²) in [6.07, 6.45) is 0.740. The van der Waals surface area contributed by atoms with Gasteiger partial charge >= 0.3 is 9.28 Å². The molecule has 0 saturated heterocycles. The molecule has 0 fully saturated rings. The van der Waals surface area contributed by atoms with E-state index in [1.165, 1.54) is 0 Å². The zero-order valence-electron chi connectivity index (χ0n) is 8.99. The van der Waals surface area contributed by atoms with Crippen LogP contribution in [0.1, 0.15) is 33.1 Å². The van der Waals surface area contributed by atoms with Gasteiger partial charge in [-0.15, -0.1) is 0 Å². The largest absolute Gasteiger partial charge is 0.487 e. The van der Waals surface area contributed by atoms with Crippen LogP contribution in [0.4, 0.5) is 0 Å². The van der Waals surface area contributed by atoms with Gasteiger partial charge in [0, 0.05) is 25.3 Å². The number of carbonyl (C=O) groups excluding carboxylic acids is 2. The fraction of sp³-hybridized carbons (Fsp3) is 0.667. The van der Waals surface area contributed by atoms with Gasteiger partial charge in [-0.1, -0.05) is 13.8 Å². The Morgan fingerprint density at radius 2 is 1.67 bits per heavy atom. The fourth-order valence-corrected chi connectivity index (χ4v) is 2.35. The summed E-state index contributed by atoms with van der Waals surface area (Å²) < 4.78 is 9.96. The molecule has 0 saturated carbocycles. The second-order valence-electron chi connectivity index (χ2n) is 2.81. The predicted octanol–water partition coefficient (Wildman–Crippen LogP) is 1.03. The van der Waals surface area contributed by atoms with Crippen molar-refractivity contribution in [2.75, 3.05) is 0 Å². The number of hydrogen-bond acceptors (Lipinski definition) is 5. The Kier molecular flexibility index (Phi) is 7.28. The van der Waals surface area contributed by atoms with Crippen LogP contribution >= 0.6 is 0 Å². The summed E-state index contributed by atoms with van der Waals surface area (Å²) in [4.78, 5) is 22.0. The van der Waals surface area contributed by atoms with Gasteiger partial charge in [-0.3, -0.25) is 9.59 Å². The molecule has 0 aromatic carbocycles. The number of hydrogen-bond donors (Lipinski definition) is 0. The SMILES string of the molecule is CCC(=O)O[SiH](CCC#N)OC(=O)CC. The van der Waals surface area contributed by atoms with E-state index in [9.17, 15) is 9.59 Å². The normalized spacial score (nSPS) is 9.47. The van der Waals surface area contributed by atoms with Crippen molar-refractivity contribution < 1.29 is 18.4 Å². The third-order valence-corrected chi connectivity index (χ3v) is 3.41. The van der Waals surface area contributed by atoms with Gasteiger partial charge in [-0.25, -0.2) is 0 Å². The Balaban J connectivity index is 4.12. The van der Waals surface area contributed by atoms with Crippen molar-refractivity contribution in [2.45, 2.75) is 39.2 Å². The number of nitriles is 1. The molecule has 0 amide bonds. The van der Waals surface area contributed by atoms with Crippen LogP contribution in [0, 0.1) is 11.3 Å². The predicted molar refractivity (Wildman–Crippen MR) is 55.0 cm³/mol. The van der Waals surface area contributed by atoms with Gasteiger partial charge in [0.05, 0.1) is 6.07 Å². The zero-order chi connectivity index (χ0) is 11.7. The van der Waals surface area contributed by atoms with Crippen molar-refractivity contribution in [3.05, 3.63) is 0 Å². The van der Waals surface area contributed by atoms with E-state index >= 15 is 0 Å². The quantitative estimate of drug-likeness (QED) is 0.636.